The largest absolute Gasteiger partial charge is 0.346 e. The van der Waals surface area contributed by atoms with Gasteiger partial charge in [0.15, 0.2) is 5.16 Å². The molecule has 0 bridgehead atoms. The number of hydrogen-bond donors (Lipinski definition) is 1. The Hall–Kier alpha value is -1.36. The van der Waals surface area contributed by atoms with Crippen molar-refractivity contribution in [3.05, 3.63) is 44.7 Å². The summed E-state index contributed by atoms with van der Waals surface area (Å²) in [6.45, 7) is 6.65. The van der Waals surface area contributed by atoms with E-state index in [1.54, 1.807) is 18.2 Å². The molecule has 1 aromatic carbocycles. The molecule has 0 saturated heterocycles. The van der Waals surface area contributed by atoms with Crippen molar-refractivity contribution in [2.45, 2.75) is 0 Å². The second-order valence-corrected chi connectivity index (χ2v) is 4.48. The maximum absolute atomic E-state index is 11.9. The first-order valence-electron chi connectivity index (χ1n) is 5.05. The van der Waals surface area contributed by atoms with Crippen LogP contribution in [0.1, 0.15) is 10.4 Å². The molecule has 7 heteroatoms. The van der Waals surface area contributed by atoms with Crippen LogP contribution in [0.2, 0.25) is 10.0 Å². The lowest BCUT2D eigenvalue weighted by molar-refractivity contribution is 0.0957. The van der Waals surface area contributed by atoms with E-state index in [9.17, 15) is 4.79 Å². The first-order chi connectivity index (χ1) is 9.01. The van der Waals surface area contributed by atoms with Crippen molar-refractivity contribution in [1.29, 1.82) is 0 Å². The lowest BCUT2D eigenvalue weighted by atomic mass is 10.2. The van der Waals surface area contributed by atoms with Gasteiger partial charge in [-0.05, 0) is 25.6 Å². The third-order valence-corrected chi connectivity index (χ3v) is 3.34. The molecular weight excluding hydrogens is 309 g/mol. The van der Waals surface area contributed by atoms with Gasteiger partial charge in [-0.2, -0.15) is 0 Å². The summed E-state index contributed by atoms with van der Waals surface area (Å²) in [5.41, 5.74) is 0.573. The first kappa shape index (κ1) is 15.7. The maximum Gasteiger partial charge on any atom is 0.253 e. The van der Waals surface area contributed by atoms with Crippen LogP contribution in [-0.4, -0.2) is 25.9 Å². The monoisotopic (exact) mass is 317 g/mol. The van der Waals surface area contributed by atoms with Gasteiger partial charge in [-0.15, -0.1) is 0 Å². The Morgan fingerprint density at radius 2 is 1.95 bits per heavy atom. The third kappa shape index (κ3) is 4.06. The molecule has 4 nitrogen and oxygen atoms in total. The molecular formula is C12H10Cl3N3O. The van der Waals surface area contributed by atoms with E-state index in [0.29, 0.717) is 10.7 Å². The topological polar surface area (TPSA) is 53.8 Å². The van der Waals surface area contributed by atoms with Crippen molar-refractivity contribution in [3.8, 4) is 0 Å². The Labute approximate surface area is 125 Å². The molecule has 19 heavy (non-hydrogen) atoms. The highest BCUT2D eigenvalue weighted by Gasteiger charge is 2.13. The van der Waals surface area contributed by atoms with E-state index in [0.717, 1.165) is 0 Å². The maximum atomic E-state index is 11.9. The summed E-state index contributed by atoms with van der Waals surface area (Å²) in [5, 5.41) is 3.15. The Kier molecular flexibility index (Phi) is 6.02. The zero-order valence-electron chi connectivity index (χ0n) is 9.79. The average Bonchev–Trinajstić information content (AvgIpc) is 2.41. The van der Waals surface area contributed by atoms with Crippen molar-refractivity contribution in [3.63, 3.8) is 0 Å². The van der Waals surface area contributed by atoms with Gasteiger partial charge in [-0.25, -0.2) is 0 Å². The molecule has 0 aliphatic rings. The summed E-state index contributed by atoms with van der Waals surface area (Å²) in [7, 11) is 0. The molecule has 1 rings (SSSR count). The van der Waals surface area contributed by atoms with Crippen LogP contribution in [0.3, 0.4) is 0 Å². The van der Waals surface area contributed by atoms with Gasteiger partial charge in [0.05, 0.1) is 27.9 Å². The fraction of sp³-hybridized carbons (Fsp3) is 0.0833. The number of rotatable bonds is 5. The van der Waals surface area contributed by atoms with Gasteiger partial charge in [0.1, 0.15) is 0 Å². The number of nitrogens with one attached hydrogen (secondary N) is 1. The van der Waals surface area contributed by atoms with E-state index < -0.39 is 5.91 Å². The molecule has 0 radical (unpaired) electrons. The van der Waals surface area contributed by atoms with Gasteiger partial charge >= 0.3 is 0 Å². The molecule has 0 aliphatic heterocycles. The van der Waals surface area contributed by atoms with Crippen LogP contribution in [0, 0.1) is 0 Å². The second kappa shape index (κ2) is 7.28. The van der Waals surface area contributed by atoms with Crippen LogP contribution in [-0.2, 0) is 0 Å². The Balaban J connectivity index is 2.84. The Bertz CT molecular complexity index is 555. The average molecular weight is 319 g/mol. The molecule has 1 N–H and O–H groups in total. The summed E-state index contributed by atoms with van der Waals surface area (Å²) in [6, 6.07) is 4.78. The van der Waals surface area contributed by atoms with Crippen molar-refractivity contribution in [2.24, 2.45) is 9.98 Å². The number of halogens is 3. The van der Waals surface area contributed by atoms with Gasteiger partial charge in [0, 0.05) is 0 Å². The van der Waals surface area contributed by atoms with Crippen LogP contribution in [0.25, 0.3) is 0 Å². The molecule has 0 aliphatic carbocycles. The van der Waals surface area contributed by atoms with Crippen molar-refractivity contribution in [1.82, 2.24) is 5.32 Å². The standard InChI is InChI=1S/C12H10Cl3N3O/c1-16-9(11(15)17-2)6-18-12(19)7-4-3-5-8(13)10(7)14/h3-5H,1-2,6H2,(H,18,19)/b11-9-. The van der Waals surface area contributed by atoms with Crippen molar-refractivity contribution >= 4 is 54.1 Å². The molecule has 100 valence electrons. The van der Waals surface area contributed by atoms with E-state index in [1.165, 1.54) is 0 Å². The quantitative estimate of drug-likeness (QED) is 0.655. The normalized spacial score (nSPS) is 11.5. The van der Waals surface area contributed by atoms with Crippen molar-refractivity contribution in [2.75, 3.05) is 6.54 Å². The predicted molar refractivity (Wildman–Crippen MR) is 80.8 cm³/mol. The summed E-state index contributed by atoms with van der Waals surface area (Å²) < 4.78 is 0. The molecule has 0 saturated carbocycles. The highest BCUT2D eigenvalue weighted by Crippen LogP contribution is 2.25. The number of nitrogens with zero attached hydrogens (tertiary/aromatic N) is 2. The Morgan fingerprint density at radius 1 is 1.26 bits per heavy atom. The molecule has 1 aromatic rings. The van der Waals surface area contributed by atoms with Gasteiger partial charge in [0.2, 0.25) is 0 Å². The van der Waals surface area contributed by atoms with Crippen LogP contribution >= 0.6 is 34.8 Å². The van der Waals surface area contributed by atoms with Gasteiger partial charge < -0.3 is 5.32 Å². The van der Waals surface area contributed by atoms with Gasteiger partial charge in [-0.3, -0.25) is 14.8 Å². The summed E-state index contributed by atoms with van der Waals surface area (Å²) in [4.78, 5) is 19.1. The molecule has 0 unspecified atom stereocenters. The van der Waals surface area contributed by atoms with E-state index >= 15 is 0 Å². The molecule has 0 aromatic heterocycles. The number of amides is 1. The molecule has 0 atom stereocenters. The first-order valence-corrected chi connectivity index (χ1v) is 6.19. The lowest BCUT2D eigenvalue weighted by Crippen LogP contribution is -2.25. The van der Waals surface area contributed by atoms with Crippen LogP contribution in [0.4, 0.5) is 0 Å². The smallest absolute Gasteiger partial charge is 0.253 e. The third-order valence-electron chi connectivity index (χ3n) is 2.18. The molecule has 0 fully saturated rings. The molecule has 0 heterocycles. The number of carbonyl (C=O) groups excluding carboxylic acids is 1. The molecule has 0 spiro atoms. The minimum absolute atomic E-state index is 0.0586. The van der Waals surface area contributed by atoms with E-state index in [1.807, 2.05) is 0 Å². The highest BCUT2D eigenvalue weighted by molar-refractivity contribution is 6.43. The highest BCUT2D eigenvalue weighted by atomic mass is 35.5. The van der Waals surface area contributed by atoms with Crippen LogP contribution in [0.5, 0.6) is 0 Å². The lowest BCUT2D eigenvalue weighted by Gasteiger charge is -2.08. The Morgan fingerprint density at radius 3 is 2.53 bits per heavy atom. The van der Waals surface area contributed by atoms with E-state index in [4.69, 9.17) is 34.8 Å². The summed E-state index contributed by atoms with van der Waals surface area (Å²) in [5.74, 6) is -0.401. The zero-order chi connectivity index (χ0) is 14.4. The van der Waals surface area contributed by atoms with Crippen LogP contribution in [0.15, 0.2) is 39.0 Å². The van der Waals surface area contributed by atoms with E-state index in [-0.39, 0.29) is 22.3 Å². The number of hydrogen-bond acceptors (Lipinski definition) is 3. The summed E-state index contributed by atoms with van der Waals surface area (Å²) >= 11 is 17.5. The van der Waals surface area contributed by atoms with Gasteiger partial charge in [-0.1, -0.05) is 40.9 Å². The molecule has 1 amide bonds. The van der Waals surface area contributed by atoms with Crippen LogP contribution < -0.4 is 5.32 Å². The number of benzene rings is 1. The predicted octanol–water partition coefficient (Wildman–Crippen LogP) is 3.53. The zero-order valence-corrected chi connectivity index (χ0v) is 12.1. The number of carbonyl (C=O) groups is 1. The minimum Gasteiger partial charge on any atom is -0.346 e. The summed E-state index contributed by atoms with van der Waals surface area (Å²) in [6.07, 6.45) is 0. The SMILES string of the molecule is C=N/C(Cl)=C(/CNC(=O)c1cccc(Cl)c1Cl)N=C. The van der Waals surface area contributed by atoms with Crippen molar-refractivity contribution < 1.29 is 4.79 Å². The fourth-order valence-corrected chi connectivity index (χ4v) is 1.74. The van der Waals surface area contributed by atoms with Gasteiger partial charge in [0.25, 0.3) is 5.91 Å². The number of aliphatic imine (C=N–C) groups is 2. The second-order valence-electron chi connectivity index (χ2n) is 3.34. The minimum atomic E-state index is -0.401. The van der Waals surface area contributed by atoms with E-state index in [2.05, 4.69) is 28.7 Å². The fourth-order valence-electron chi connectivity index (χ4n) is 1.22.